The van der Waals surface area contributed by atoms with Crippen molar-refractivity contribution in [3.63, 3.8) is 0 Å². The number of hydrogen-bond acceptors (Lipinski definition) is 6. The van der Waals surface area contributed by atoms with E-state index in [0.717, 1.165) is 16.1 Å². The van der Waals surface area contributed by atoms with Crippen molar-refractivity contribution in [3.05, 3.63) is 60.2 Å². The molecule has 0 fully saturated rings. The van der Waals surface area contributed by atoms with Gasteiger partial charge in [0.1, 0.15) is 5.01 Å². The minimum absolute atomic E-state index is 0.153. The fourth-order valence-electron chi connectivity index (χ4n) is 2.37. The van der Waals surface area contributed by atoms with E-state index in [-0.39, 0.29) is 12.5 Å². The maximum absolute atomic E-state index is 12.2. The van der Waals surface area contributed by atoms with E-state index < -0.39 is 0 Å². The molecule has 0 radical (unpaired) electrons. The number of methoxy groups -OCH3 is 1. The van der Waals surface area contributed by atoms with Gasteiger partial charge in [-0.1, -0.05) is 59.9 Å². The number of aromatic nitrogens is 2. The van der Waals surface area contributed by atoms with Gasteiger partial charge in [-0.2, -0.15) is 0 Å². The van der Waals surface area contributed by atoms with Crippen LogP contribution in [0.1, 0.15) is 12.5 Å². The van der Waals surface area contributed by atoms with E-state index in [1.807, 2.05) is 61.5 Å². The Balaban J connectivity index is 1.60. The van der Waals surface area contributed by atoms with Gasteiger partial charge >= 0.3 is 0 Å². The third-order valence-corrected chi connectivity index (χ3v) is 4.49. The van der Waals surface area contributed by atoms with Crippen LogP contribution in [0.2, 0.25) is 0 Å². The average Bonchev–Trinajstić information content (AvgIpc) is 3.16. The molecule has 0 unspecified atom stereocenters. The first-order chi connectivity index (χ1) is 13.2. The van der Waals surface area contributed by atoms with E-state index >= 15 is 0 Å². The van der Waals surface area contributed by atoms with Gasteiger partial charge < -0.3 is 9.47 Å². The van der Waals surface area contributed by atoms with Gasteiger partial charge in [0.25, 0.3) is 5.91 Å². The predicted molar refractivity (Wildman–Crippen MR) is 107 cm³/mol. The van der Waals surface area contributed by atoms with E-state index in [0.29, 0.717) is 16.6 Å². The molecule has 1 amide bonds. The number of anilines is 1. The van der Waals surface area contributed by atoms with Crippen LogP contribution in [-0.4, -0.2) is 29.8 Å². The number of ether oxygens (including phenoxy) is 2. The van der Waals surface area contributed by atoms with Crippen molar-refractivity contribution in [2.45, 2.75) is 6.92 Å². The fourth-order valence-corrected chi connectivity index (χ4v) is 3.13. The molecule has 3 aromatic rings. The molecule has 0 saturated carbocycles. The summed E-state index contributed by atoms with van der Waals surface area (Å²) in [6.07, 6.45) is 3.90. The molecule has 2 aromatic carbocycles. The summed E-state index contributed by atoms with van der Waals surface area (Å²) in [5.41, 5.74) is 1.95. The number of nitrogens with one attached hydrogen (secondary N) is 1. The van der Waals surface area contributed by atoms with Crippen molar-refractivity contribution < 1.29 is 14.3 Å². The van der Waals surface area contributed by atoms with E-state index in [2.05, 4.69) is 15.5 Å². The molecule has 27 heavy (non-hydrogen) atoms. The van der Waals surface area contributed by atoms with Crippen molar-refractivity contribution in [2.24, 2.45) is 0 Å². The summed E-state index contributed by atoms with van der Waals surface area (Å²) in [5.74, 6) is 0.758. The number of hydrogen-bond donors (Lipinski definition) is 1. The van der Waals surface area contributed by atoms with E-state index in [9.17, 15) is 4.79 Å². The minimum atomic E-state index is -0.314. The third kappa shape index (κ3) is 4.92. The molecular weight excluding hydrogens is 362 g/mol. The number of carbonyl (C=O) groups excluding carboxylic acids is 1. The molecule has 0 aliphatic rings. The van der Waals surface area contributed by atoms with Crippen LogP contribution in [-0.2, 0) is 4.79 Å². The highest BCUT2D eigenvalue weighted by atomic mass is 32.1. The minimum Gasteiger partial charge on any atom is -0.493 e. The van der Waals surface area contributed by atoms with Crippen LogP contribution in [0.15, 0.2) is 54.6 Å². The summed E-state index contributed by atoms with van der Waals surface area (Å²) in [6, 6.07) is 15.2. The smallest absolute Gasteiger partial charge is 0.264 e. The van der Waals surface area contributed by atoms with Gasteiger partial charge in [-0.25, -0.2) is 0 Å². The quantitative estimate of drug-likeness (QED) is 0.662. The van der Waals surface area contributed by atoms with Crippen molar-refractivity contribution in [1.82, 2.24) is 10.2 Å². The van der Waals surface area contributed by atoms with Crippen LogP contribution in [0, 0.1) is 0 Å². The zero-order valence-electron chi connectivity index (χ0n) is 15.0. The van der Waals surface area contributed by atoms with E-state index in [1.54, 1.807) is 13.2 Å². The van der Waals surface area contributed by atoms with Crippen LogP contribution < -0.4 is 14.8 Å². The summed E-state index contributed by atoms with van der Waals surface area (Å²) in [4.78, 5) is 12.2. The molecule has 1 N–H and O–H groups in total. The Morgan fingerprint density at radius 3 is 2.70 bits per heavy atom. The van der Waals surface area contributed by atoms with Crippen molar-refractivity contribution >= 4 is 28.5 Å². The maximum atomic E-state index is 12.2. The fraction of sp³-hybridized carbons (Fsp3) is 0.150. The van der Waals surface area contributed by atoms with Crippen LogP contribution in [0.4, 0.5) is 5.13 Å². The molecule has 138 valence electrons. The summed E-state index contributed by atoms with van der Waals surface area (Å²) < 4.78 is 10.9. The SMILES string of the molecule is C/C=C/c1ccc(OCC(=O)Nc2nnc(-c3ccccc3)s2)c(OC)c1. The standard InChI is InChI=1S/C20H19N3O3S/c1-3-7-14-10-11-16(17(12-14)25-2)26-13-18(24)21-20-23-22-19(27-20)15-8-5-4-6-9-15/h3-12H,13H2,1-2H3,(H,21,23,24)/b7-3+. The molecule has 1 heterocycles. The largest absolute Gasteiger partial charge is 0.493 e. The van der Waals surface area contributed by atoms with Gasteiger partial charge in [-0.05, 0) is 24.6 Å². The monoisotopic (exact) mass is 381 g/mol. The van der Waals surface area contributed by atoms with Crippen molar-refractivity contribution in [3.8, 4) is 22.1 Å². The molecule has 0 bridgehead atoms. The van der Waals surface area contributed by atoms with Gasteiger partial charge in [-0.3, -0.25) is 10.1 Å². The van der Waals surface area contributed by atoms with Crippen molar-refractivity contribution in [1.29, 1.82) is 0 Å². The summed E-state index contributed by atoms with van der Waals surface area (Å²) in [5, 5.41) is 12.0. The van der Waals surface area contributed by atoms with Crippen LogP contribution in [0.25, 0.3) is 16.6 Å². The number of carbonyl (C=O) groups is 1. The van der Waals surface area contributed by atoms with Gasteiger partial charge in [0, 0.05) is 5.56 Å². The summed E-state index contributed by atoms with van der Waals surface area (Å²) in [6.45, 7) is 1.79. The molecule has 0 aliphatic carbocycles. The van der Waals surface area contributed by atoms with Gasteiger partial charge in [0.15, 0.2) is 18.1 Å². The van der Waals surface area contributed by atoms with Crippen LogP contribution in [0.5, 0.6) is 11.5 Å². The second kappa shape index (κ2) is 8.95. The van der Waals surface area contributed by atoms with Gasteiger partial charge in [-0.15, -0.1) is 10.2 Å². The topological polar surface area (TPSA) is 73.3 Å². The normalized spacial score (nSPS) is 10.7. The summed E-state index contributed by atoms with van der Waals surface area (Å²) in [7, 11) is 1.56. The highest BCUT2D eigenvalue weighted by molar-refractivity contribution is 7.18. The number of amides is 1. The number of nitrogens with zero attached hydrogens (tertiary/aromatic N) is 2. The Bertz CT molecular complexity index is 939. The second-order valence-corrected chi connectivity index (χ2v) is 6.50. The Kier molecular flexibility index (Phi) is 6.17. The van der Waals surface area contributed by atoms with E-state index in [4.69, 9.17) is 9.47 Å². The molecule has 6 nitrogen and oxygen atoms in total. The lowest BCUT2D eigenvalue weighted by molar-refractivity contribution is -0.118. The first-order valence-corrected chi connectivity index (χ1v) is 9.13. The molecule has 3 rings (SSSR count). The highest BCUT2D eigenvalue weighted by Crippen LogP contribution is 2.29. The molecule has 0 atom stereocenters. The second-order valence-electron chi connectivity index (χ2n) is 5.53. The Morgan fingerprint density at radius 2 is 1.96 bits per heavy atom. The maximum Gasteiger partial charge on any atom is 0.264 e. The third-order valence-electron chi connectivity index (χ3n) is 3.60. The van der Waals surface area contributed by atoms with Crippen LogP contribution in [0.3, 0.4) is 0 Å². The Hall–Kier alpha value is -3.19. The molecule has 7 heteroatoms. The molecule has 1 aromatic heterocycles. The Labute approximate surface area is 161 Å². The van der Waals surface area contributed by atoms with Gasteiger partial charge in [0.05, 0.1) is 7.11 Å². The lowest BCUT2D eigenvalue weighted by atomic mass is 10.2. The number of allylic oxidation sites excluding steroid dienone is 1. The number of benzene rings is 2. The predicted octanol–water partition coefficient (Wildman–Crippen LogP) is 4.26. The molecular formula is C20H19N3O3S. The van der Waals surface area contributed by atoms with Gasteiger partial charge in [0.2, 0.25) is 5.13 Å². The number of rotatable bonds is 7. The first kappa shape index (κ1) is 18.6. The zero-order valence-corrected chi connectivity index (χ0v) is 15.8. The highest BCUT2D eigenvalue weighted by Gasteiger charge is 2.12. The lowest BCUT2D eigenvalue weighted by Gasteiger charge is -2.10. The average molecular weight is 381 g/mol. The Morgan fingerprint density at radius 1 is 1.15 bits per heavy atom. The summed E-state index contributed by atoms with van der Waals surface area (Å²) >= 11 is 1.31. The first-order valence-electron chi connectivity index (χ1n) is 8.32. The molecule has 0 aliphatic heterocycles. The molecule has 0 saturated heterocycles. The van der Waals surface area contributed by atoms with Crippen molar-refractivity contribution in [2.75, 3.05) is 19.0 Å². The zero-order chi connectivity index (χ0) is 19.1. The van der Waals surface area contributed by atoms with E-state index in [1.165, 1.54) is 11.3 Å². The van der Waals surface area contributed by atoms with Crippen LogP contribution >= 0.6 is 11.3 Å². The molecule has 0 spiro atoms. The lowest BCUT2D eigenvalue weighted by Crippen LogP contribution is -2.20.